The standard InChI is InChI=1S/C17H24FN3O2/c18-14-8-6-13(7-9-14)12-21(15-4-2-1-3-5-15)11-10-16(22)20-17(19)23/h6-9,15H,1-5,10-12H2,(H3,19,20,22,23). The van der Waals surface area contributed by atoms with Crippen LogP contribution in [0.15, 0.2) is 24.3 Å². The third kappa shape index (κ3) is 5.98. The fraction of sp³-hybridized carbons (Fsp3) is 0.529. The van der Waals surface area contributed by atoms with Gasteiger partial charge in [-0.25, -0.2) is 9.18 Å². The van der Waals surface area contributed by atoms with E-state index in [1.807, 2.05) is 0 Å². The number of imide groups is 1. The fourth-order valence-corrected chi connectivity index (χ4v) is 3.11. The lowest BCUT2D eigenvalue weighted by Gasteiger charge is -2.34. The Morgan fingerprint density at radius 1 is 1.17 bits per heavy atom. The molecule has 0 spiro atoms. The number of rotatable bonds is 6. The van der Waals surface area contributed by atoms with Crippen molar-refractivity contribution in [1.29, 1.82) is 0 Å². The Hall–Kier alpha value is -1.95. The summed E-state index contributed by atoms with van der Waals surface area (Å²) in [4.78, 5) is 24.6. The van der Waals surface area contributed by atoms with Crippen molar-refractivity contribution < 1.29 is 14.0 Å². The average Bonchev–Trinajstić information content (AvgIpc) is 2.53. The predicted octanol–water partition coefficient (Wildman–Crippen LogP) is 2.55. The molecular formula is C17H24FN3O2. The summed E-state index contributed by atoms with van der Waals surface area (Å²) in [6, 6.07) is 6.05. The van der Waals surface area contributed by atoms with E-state index in [0.717, 1.165) is 18.4 Å². The van der Waals surface area contributed by atoms with E-state index in [1.54, 1.807) is 12.1 Å². The number of urea groups is 1. The molecule has 126 valence electrons. The molecule has 1 aliphatic rings. The molecule has 3 N–H and O–H groups in total. The molecule has 2 rings (SSSR count). The third-order valence-electron chi connectivity index (χ3n) is 4.28. The van der Waals surface area contributed by atoms with Gasteiger partial charge in [-0.05, 0) is 30.5 Å². The van der Waals surface area contributed by atoms with Gasteiger partial charge >= 0.3 is 6.03 Å². The zero-order chi connectivity index (χ0) is 16.7. The van der Waals surface area contributed by atoms with Crippen LogP contribution < -0.4 is 11.1 Å². The van der Waals surface area contributed by atoms with Gasteiger partial charge in [0.1, 0.15) is 5.82 Å². The molecule has 1 saturated carbocycles. The van der Waals surface area contributed by atoms with Gasteiger partial charge in [-0.2, -0.15) is 0 Å². The van der Waals surface area contributed by atoms with E-state index >= 15 is 0 Å². The second-order valence-corrected chi connectivity index (χ2v) is 6.05. The molecule has 0 heterocycles. The monoisotopic (exact) mass is 321 g/mol. The van der Waals surface area contributed by atoms with Gasteiger partial charge in [-0.1, -0.05) is 31.4 Å². The molecule has 0 saturated heterocycles. The van der Waals surface area contributed by atoms with Gasteiger partial charge in [-0.3, -0.25) is 15.0 Å². The quantitative estimate of drug-likeness (QED) is 0.845. The van der Waals surface area contributed by atoms with Gasteiger partial charge < -0.3 is 5.73 Å². The minimum absolute atomic E-state index is 0.223. The van der Waals surface area contributed by atoms with Crippen molar-refractivity contribution in [1.82, 2.24) is 10.2 Å². The summed E-state index contributed by atoms with van der Waals surface area (Å²) in [7, 11) is 0. The summed E-state index contributed by atoms with van der Waals surface area (Å²) in [5.74, 6) is -0.615. The van der Waals surface area contributed by atoms with E-state index in [9.17, 15) is 14.0 Å². The van der Waals surface area contributed by atoms with Crippen LogP contribution in [0.3, 0.4) is 0 Å². The zero-order valence-electron chi connectivity index (χ0n) is 13.3. The lowest BCUT2D eigenvalue weighted by atomic mass is 9.93. The normalized spacial score (nSPS) is 15.6. The van der Waals surface area contributed by atoms with Crippen molar-refractivity contribution in [2.75, 3.05) is 6.54 Å². The molecule has 3 amide bonds. The fourth-order valence-electron chi connectivity index (χ4n) is 3.11. The summed E-state index contributed by atoms with van der Waals surface area (Å²) in [6.07, 6.45) is 6.08. The maximum absolute atomic E-state index is 13.0. The molecule has 0 unspecified atom stereocenters. The molecule has 6 heteroatoms. The number of hydrogen-bond donors (Lipinski definition) is 2. The number of nitrogens with one attached hydrogen (secondary N) is 1. The van der Waals surface area contributed by atoms with Gasteiger partial charge in [0.25, 0.3) is 0 Å². The van der Waals surface area contributed by atoms with Crippen molar-refractivity contribution in [3.05, 3.63) is 35.6 Å². The topological polar surface area (TPSA) is 75.4 Å². The molecule has 23 heavy (non-hydrogen) atoms. The minimum Gasteiger partial charge on any atom is -0.351 e. The Bertz CT molecular complexity index is 527. The zero-order valence-corrected chi connectivity index (χ0v) is 13.3. The van der Waals surface area contributed by atoms with Crippen LogP contribution in [0.4, 0.5) is 9.18 Å². The first-order valence-corrected chi connectivity index (χ1v) is 8.12. The second kappa shape index (κ2) is 8.62. The first-order valence-electron chi connectivity index (χ1n) is 8.12. The van der Waals surface area contributed by atoms with Crippen LogP contribution in [0.1, 0.15) is 44.1 Å². The van der Waals surface area contributed by atoms with Gasteiger partial charge in [0, 0.05) is 25.6 Å². The molecule has 0 aromatic heterocycles. The highest BCUT2D eigenvalue weighted by Crippen LogP contribution is 2.24. The smallest absolute Gasteiger partial charge is 0.318 e. The van der Waals surface area contributed by atoms with Crippen molar-refractivity contribution in [3.63, 3.8) is 0 Å². The summed E-state index contributed by atoms with van der Waals surface area (Å²) in [6.45, 7) is 1.23. The van der Waals surface area contributed by atoms with E-state index in [1.165, 1.54) is 31.4 Å². The molecule has 1 fully saturated rings. The van der Waals surface area contributed by atoms with Crippen LogP contribution >= 0.6 is 0 Å². The Balaban J connectivity index is 1.97. The van der Waals surface area contributed by atoms with Crippen molar-refractivity contribution >= 4 is 11.9 Å². The number of hydrogen-bond acceptors (Lipinski definition) is 3. The van der Waals surface area contributed by atoms with E-state index in [0.29, 0.717) is 19.1 Å². The molecule has 1 aromatic carbocycles. The first kappa shape index (κ1) is 17.4. The molecule has 1 aliphatic carbocycles. The summed E-state index contributed by atoms with van der Waals surface area (Å²) >= 11 is 0. The van der Waals surface area contributed by atoms with Crippen LogP contribution in [0.25, 0.3) is 0 Å². The Morgan fingerprint density at radius 3 is 2.43 bits per heavy atom. The summed E-state index contributed by atoms with van der Waals surface area (Å²) in [5, 5.41) is 2.10. The van der Waals surface area contributed by atoms with Gasteiger partial charge in [0.15, 0.2) is 0 Å². The van der Waals surface area contributed by atoms with E-state index in [-0.39, 0.29) is 18.1 Å². The average molecular weight is 321 g/mol. The molecule has 5 nitrogen and oxygen atoms in total. The Labute approximate surface area is 136 Å². The number of carbonyl (C=O) groups is 2. The molecular weight excluding hydrogens is 297 g/mol. The number of amides is 3. The number of primary amides is 1. The van der Waals surface area contributed by atoms with E-state index in [4.69, 9.17) is 5.73 Å². The maximum Gasteiger partial charge on any atom is 0.318 e. The van der Waals surface area contributed by atoms with Crippen LogP contribution in [-0.2, 0) is 11.3 Å². The number of nitrogens with two attached hydrogens (primary N) is 1. The van der Waals surface area contributed by atoms with Crippen LogP contribution in [-0.4, -0.2) is 29.4 Å². The van der Waals surface area contributed by atoms with Gasteiger partial charge in [0.2, 0.25) is 5.91 Å². The highest BCUT2D eigenvalue weighted by Gasteiger charge is 2.22. The molecule has 1 aromatic rings. The van der Waals surface area contributed by atoms with E-state index in [2.05, 4.69) is 10.2 Å². The molecule has 0 radical (unpaired) electrons. The minimum atomic E-state index is -0.822. The van der Waals surface area contributed by atoms with Crippen LogP contribution in [0.5, 0.6) is 0 Å². The SMILES string of the molecule is NC(=O)NC(=O)CCN(Cc1ccc(F)cc1)C1CCCCC1. The van der Waals surface area contributed by atoms with Crippen LogP contribution in [0, 0.1) is 5.82 Å². The van der Waals surface area contributed by atoms with Crippen LogP contribution in [0.2, 0.25) is 0 Å². The van der Waals surface area contributed by atoms with Crippen molar-refractivity contribution in [2.24, 2.45) is 5.73 Å². The highest BCUT2D eigenvalue weighted by molar-refractivity contribution is 5.93. The first-order chi connectivity index (χ1) is 11.0. The van der Waals surface area contributed by atoms with Crippen molar-refractivity contribution in [2.45, 2.75) is 51.1 Å². The van der Waals surface area contributed by atoms with Gasteiger partial charge in [0.05, 0.1) is 0 Å². The molecule has 0 bridgehead atoms. The highest BCUT2D eigenvalue weighted by atomic mass is 19.1. The number of halogens is 1. The lowest BCUT2D eigenvalue weighted by molar-refractivity contribution is -0.120. The number of nitrogens with zero attached hydrogens (tertiary/aromatic N) is 1. The largest absolute Gasteiger partial charge is 0.351 e. The molecule has 0 atom stereocenters. The van der Waals surface area contributed by atoms with Gasteiger partial charge in [-0.15, -0.1) is 0 Å². The summed E-state index contributed by atoms with van der Waals surface area (Å²) < 4.78 is 13.0. The third-order valence-corrected chi connectivity index (χ3v) is 4.28. The summed E-state index contributed by atoms with van der Waals surface area (Å²) in [5.41, 5.74) is 5.98. The Morgan fingerprint density at radius 2 is 1.83 bits per heavy atom. The van der Waals surface area contributed by atoms with Crippen molar-refractivity contribution in [3.8, 4) is 0 Å². The lowest BCUT2D eigenvalue weighted by Crippen LogP contribution is -2.41. The number of benzene rings is 1. The predicted molar refractivity (Wildman–Crippen MR) is 86.0 cm³/mol. The maximum atomic E-state index is 13.0. The van der Waals surface area contributed by atoms with E-state index < -0.39 is 6.03 Å². The second-order valence-electron chi connectivity index (χ2n) is 6.05. The Kier molecular flexibility index (Phi) is 6.52. The molecule has 0 aliphatic heterocycles. The number of carbonyl (C=O) groups excluding carboxylic acids is 2.